The summed E-state index contributed by atoms with van der Waals surface area (Å²) in [5, 5.41) is 6.63. The number of hydrogen-bond acceptors (Lipinski definition) is 4. The molecular formula is C23H32IN3O3S. The van der Waals surface area contributed by atoms with Crippen LogP contribution in [0.1, 0.15) is 42.9 Å². The third-order valence-corrected chi connectivity index (χ3v) is 6.42. The second kappa shape index (κ2) is 11.7. The highest BCUT2D eigenvalue weighted by atomic mass is 127. The van der Waals surface area contributed by atoms with Crippen molar-refractivity contribution in [2.24, 2.45) is 4.99 Å². The van der Waals surface area contributed by atoms with E-state index in [2.05, 4.69) is 21.7 Å². The van der Waals surface area contributed by atoms with Crippen LogP contribution in [0.4, 0.5) is 0 Å². The highest BCUT2D eigenvalue weighted by Crippen LogP contribution is 2.27. The molecule has 1 saturated carbocycles. The van der Waals surface area contributed by atoms with Crippen LogP contribution in [-0.2, 0) is 22.9 Å². The molecule has 0 bridgehead atoms. The fraction of sp³-hybridized carbons (Fsp3) is 0.435. The van der Waals surface area contributed by atoms with E-state index in [9.17, 15) is 8.42 Å². The molecule has 0 atom stereocenters. The SMILES string of the molecule is CCNC(=NCc1ccc(S(C)(=O)=O)c(C)c1)NCc1ccccc1OC1CCC1.I. The molecule has 0 aliphatic heterocycles. The normalized spacial score (nSPS) is 14.4. The van der Waals surface area contributed by atoms with Crippen molar-refractivity contribution in [3.05, 3.63) is 59.2 Å². The number of aliphatic imine (C=N–C) groups is 1. The number of guanidine groups is 1. The maximum atomic E-state index is 11.8. The van der Waals surface area contributed by atoms with Gasteiger partial charge in [0.25, 0.3) is 0 Å². The molecule has 6 nitrogen and oxygen atoms in total. The van der Waals surface area contributed by atoms with E-state index < -0.39 is 9.84 Å². The second-order valence-corrected chi connectivity index (χ2v) is 9.68. The second-order valence-electron chi connectivity index (χ2n) is 7.70. The first-order valence-electron chi connectivity index (χ1n) is 10.4. The highest BCUT2D eigenvalue weighted by molar-refractivity contribution is 14.0. The van der Waals surface area contributed by atoms with Crippen molar-refractivity contribution < 1.29 is 13.2 Å². The van der Waals surface area contributed by atoms with Gasteiger partial charge in [0.05, 0.1) is 17.5 Å². The summed E-state index contributed by atoms with van der Waals surface area (Å²) in [6.45, 7) is 5.65. The Labute approximate surface area is 202 Å². The van der Waals surface area contributed by atoms with E-state index in [0.29, 0.717) is 30.0 Å². The van der Waals surface area contributed by atoms with E-state index in [0.717, 1.165) is 41.8 Å². The molecule has 0 saturated heterocycles. The van der Waals surface area contributed by atoms with Crippen LogP contribution in [0.15, 0.2) is 52.4 Å². The fourth-order valence-corrected chi connectivity index (χ4v) is 4.31. The third-order valence-electron chi connectivity index (χ3n) is 5.17. The van der Waals surface area contributed by atoms with Crippen molar-refractivity contribution >= 4 is 39.8 Å². The largest absolute Gasteiger partial charge is 0.490 e. The van der Waals surface area contributed by atoms with E-state index >= 15 is 0 Å². The summed E-state index contributed by atoms with van der Waals surface area (Å²) in [5.74, 6) is 1.64. The molecule has 0 aromatic heterocycles. The zero-order valence-corrected chi connectivity index (χ0v) is 21.5. The monoisotopic (exact) mass is 557 g/mol. The number of benzene rings is 2. The Hall–Kier alpha value is -1.81. The number of aryl methyl sites for hydroxylation is 1. The van der Waals surface area contributed by atoms with E-state index in [1.54, 1.807) is 6.07 Å². The molecule has 1 aliphatic rings. The van der Waals surface area contributed by atoms with Crippen molar-refractivity contribution in [3.63, 3.8) is 0 Å². The molecule has 8 heteroatoms. The number of hydrogen-bond donors (Lipinski definition) is 2. The minimum atomic E-state index is -3.21. The Morgan fingerprint density at radius 1 is 1.16 bits per heavy atom. The number of nitrogens with one attached hydrogen (secondary N) is 2. The standard InChI is InChI=1S/C23H31N3O3S.HI/c1-4-24-23(25-15-18-12-13-22(17(2)14-18)30(3,27)28)26-16-19-8-5-6-11-21(19)29-20-9-7-10-20;/h5-6,8,11-14,20H,4,7,9-10,15-16H2,1-3H3,(H2,24,25,26);1H. The van der Waals surface area contributed by atoms with Crippen LogP contribution < -0.4 is 15.4 Å². The number of rotatable bonds is 8. The van der Waals surface area contributed by atoms with Crippen molar-refractivity contribution in [2.45, 2.75) is 57.2 Å². The molecule has 2 N–H and O–H groups in total. The molecule has 1 aliphatic carbocycles. The van der Waals surface area contributed by atoms with Crippen LogP contribution in [0.25, 0.3) is 0 Å². The topological polar surface area (TPSA) is 79.8 Å². The molecule has 2 aromatic rings. The van der Waals surface area contributed by atoms with Crippen molar-refractivity contribution in [2.75, 3.05) is 12.8 Å². The lowest BCUT2D eigenvalue weighted by atomic mass is 9.96. The Balaban J connectivity index is 0.00000341. The van der Waals surface area contributed by atoms with Gasteiger partial charge in [0.1, 0.15) is 5.75 Å². The third kappa shape index (κ3) is 7.38. The minimum absolute atomic E-state index is 0. The van der Waals surface area contributed by atoms with E-state index in [4.69, 9.17) is 4.74 Å². The predicted molar refractivity (Wildman–Crippen MR) is 136 cm³/mol. The van der Waals surface area contributed by atoms with Crippen molar-refractivity contribution in [1.29, 1.82) is 0 Å². The van der Waals surface area contributed by atoms with Gasteiger partial charge in [-0.25, -0.2) is 13.4 Å². The Morgan fingerprint density at radius 3 is 2.52 bits per heavy atom. The molecule has 0 amide bonds. The van der Waals surface area contributed by atoms with Gasteiger partial charge < -0.3 is 15.4 Å². The first-order chi connectivity index (χ1) is 14.4. The smallest absolute Gasteiger partial charge is 0.191 e. The maximum Gasteiger partial charge on any atom is 0.191 e. The number of ether oxygens (including phenoxy) is 1. The van der Waals surface area contributed by atoms with Gasteiger partial charge in [0, 0.05) is 24.9 Å². The summed E-state index contributed by atoms with van der Waals surface area (Å²) in [6.07, 6.45) is 5.07. The fourth-order valence-electron chi connectivity index (χ4n) is 3.35. The number of halogens is 1. The number of para-hydroxylation sites is 1. The molecule has 1 fully saturated rings. The molecule has 0 spiro atoms. The zero-order chi connectivity index (χ0) is 21.6. The summed E-state index contributed by atoms with van der Waals surface area (Å²) in [5.41, 5.74) is 2.81. The molecule has 31 heavy (non-hydrogen) atoms. The van der Waals surface area contributed by atoms with Gasteiger partial charge in [-0.2, -0.15) is 0 Å². The van der Waals surface area contributed by atoms with E-state index in [1.165, 1.54) is 12.7 Å². The molecule has 0 radical (unpaired) electrons. The lowest BCUT2D eigenvalue weighted by Crippen LogP contribution is -2.37. The lowest BCUT2D eigenvalue weighted by molar-refractivity contribution is 0.119. The average Bonchev–Trinajstić information content (AvgIpc) is 2.66. The summed E-state index contributed by atoms with van der Waals surface area (Å²) in [7, 11) is -3.21. The van der Waals surface area contributed by atoms with Crippen LogP contribution in [-0.4, -0.2) is 33.3 Å². The van der Waals surface area contributed by atoms with Crippen LogP contribution >= 0.6 is 24.0 Å². The Morgan fingerprint density at radius 2 is 1.90 bits per heavy atom. The highest BCUT2D eigenvalue weighted by Gasteiger charge is 2.20. The number of nitrogens with zero attached hydrogens (tertiary/aromatic N) is 1. The van der Waals surface area contributed by atoms with Crippen LogP contribution in [0, 0.1) is 6.92 Å². The van der Waals surface area contributed by atoms with E-state index in [1.807, 2.05) is 44.2 Å². The van der Waals surface area contributed by atoms with Gasteiger partial charge in [-0.15, -0.1) is 24.0 Å². The summed E-state index contributed by atoms with van der Waals surface area (Å²) in [6, 6.07) is 13.5. The zero-order valence-electron chi connectivity index (χ0n) is 18.3. The molecule has 3 rings (SSSR count). The van der Waals surface area contributed by atoms with Gasteiger partial charge in [-0.3, -0.25) is 0 Å². The summed E-state index contributed by atoms with van der Waals surface area (Å²) in [4.78, 5) is 5.02. The van der Waals surface area contributed by atoms with Crippen LogP contribution in [0.2, 0.25) is 0 Å². The van der Waals surface area contributed by atoms with Gasteiger partial charge in [0.2, 0.25) is 0 Å². The Kier molecular flexibility index (Phi) is 9.61. The van der Waals surface area contributed by atoms with Gasteiger partial charge in [-0.05, 0) is 56.4 Å². The molecular weight excluding hydrogens is 525 g/mol. The van der Waals surface area contributed by atoms with Gasteiger partial charge in [-0.1, -0.05) is 30.3 Å². The first kappa shape index (κ1) is 25.5. The Bertz CT molecular complexity index is 1000. The van der Waals surface area contributed by atoms with Gasteiger partial charge in [0.15, 0.2) is 15.8 Å². The first-order valence-corrected chi connectivity index (χ1v) is 12.3. The minimum Gasteiger partial charge on any atom is -0.490 e. The molecule has 0 unspecified atom stereocenters. The molecule has 170 valence electrons. The summed E-state index contributed by atoms with van der Waals surface area (Å²) < 4.78 is 29.7. The maximum absolute atomic E-state index is 11.8. The number of sulfone groups is 1. The van der Waals surface area contributed by atoms with Crippen molar-refractivity contribution in [3.8, 4) is 5.75 Å². The predicted octanol–water partition coefficient (Wildman–Crippen LogP) is 4.20. The molecule has 0 heterocycles. The van der Waals surface area contributed by atoms with E-state index in [-0.39, 0.29) is 24.0 Å². The quantitative estimate of drug-likeness (QED) is 0.289. The molecule has 2 aromatic carbocycles. The lowest BCUT2D eigenvalue weighted by Gasteiger charge is -2.27. The van der Waals surface area contributed by atoms with Crippen LogP contribution in [0.3, 0.4) is 0 Å². The summed E-state index contributed by atoms with van der Waals surface area (Å²) >= 11 is 0. The average molecular weight is 557 g/mol. The van der Waals surface area contributed by atoms with Crippen molar-refractivity contribution in [1.82, 2.24) is 10.6 Å². The van der Waals surface area contributed by atoms with Gasteiger partial charge >= 0.3 is 0 Å². The van der Waals surface area contributed by atoms with Crippen LogP contribution in [0.5, 0.6) is 5.75 Å².